The minimum absolute atomic E-state index is 0.173. The van der Waals surface area contributed by atoms with E-state index in [0.717, 1.165) is 32.0 Å². The van der Waals surface area contributed by atoms with Gasteiger partial charge in [-0.25, -0.2) is 4.39 Å². The molecule has 0 saturated carbocycles. The van der Waals surface area contributed by atoms with E-state index in [9.17, 15) is 4.39 Å². The SMILES string of the molecule is C=CC(CCC)(CCC)CC(CCN1CN(c2ccc(F)cc2)C1)NC. The first kappa shape index (κ1) is 20.9. The van der Waals surface area contributed by atoms with Crippen molar-refractivity contribution in [3.05, 3.63) is 42.7 Å². The molecule has 1 aromatic carbocycles. The van der Waals surface area contributed by atoms with Crippen molar-refractivity contribution in [3.63, 3.8) is 0 Å². The Hall–Kier alpha value is -1.39. The molecule has 1 N–H and O–H groups in total. The number of hydrogen-bond acceptors (Lipinski definition) is 3. The first-order valence-electron chi connectivity index (χ1n) is 10.1. The molecule has 0 radical (unpaired) electrons. The van der Waals surface area contributed by atoms with Crippen LogP contribution in [0.5, 0.6) is 0 Å². The molecule has 4 heteroatoms. The zero-order valence-corrected chi connectivity index (χ0v) is 16.8. The van der Waals surface area contributed by atoms with Crippen LogP contribution in [0.4, 0.5) is 10.1 Å². The Labute approximate surface area is 159 Å². The van der Waals surface area contributed by atoms with E-state index < -0.39 is 0 Å². The normalized spacial score (nSPS) is 16.4. The summed E-state index contributed by atoms with van der Waals surface area (Å²) in [5.41, 5.74) is 1.37. The minimum Gasteiger partial charge on any atom is -0.345 e. The van der Waals surface area contributed by atoms with E-state index >= 15 is 0 Å². The molecule has 2 rings (SSSR count). The van der Waals surface area contributed by atoms with Crippen molar-refractivity contribution in [1.29, 1.82) is 0 Å². The standard InChI is InChI=1S/C22H36FN3/c1-5-13-22(7-3,14-6-2)16-20(24-4)12-15-25-17-26(18-25)21-10-8-19(23)9-11-21/h7-11,20,24H,3,5-6,12-18H2,1-2,4H3. The van der Waals surface area contributed by atoms with Gasteiger partial charge in [-0.2, -0.15) is 0 Å². The second-order valence-electron chi connectivity index (χ2n) is 7.74. The van der Waals surface area contributed by atoms with Crippen LogP contribution in [0.1, 0.15) is 52.4 Å². The van der Waals surface area contributed by atoms with Crippen molar-refractivity contribution >= 4 is 5.69 Å². The van der Waals surface area contributed by atoms with Gasteiger partial charge in [0.2, 0.25) is 0 Å². The number of allylic oxidation sites excluding steroid dienone is 1. The molecule has 146 valence electrons. The summed E-state index contributed by atoms with van der Waals surface area (Å²) in [5.74, 6) is -0.173. The predicted octanol–water partition coefficient (Wildman–Crippen LogP) is 5.00. The highest BCUT2D eigenvalue weighted by molar-refractivity contribution is 5.47. The lowest BCUT2D eigenvalue weighted by Gasteiger charge is -2.45. The topological polar surface area (TPSA) is 18.5 Å². The van der Waals surface area contributed by atoms with E-state index in [1.807, 2.05) is 12.1 Å². The van der Waals surface area contributed by atoms with Crippen LogP contribution in [-0.4, -0.2) is 37.9 Å². The highest BCUT2D eigenvalue weighted by atomic mass is 19.1. The fraction of sp³-hybridized carbons (Fsp3) is 0.636. The maximum Gasteiger partial charge on any atom is 0.123 e. The van der Waals surface area contributed by atoms with Gasteiger partial charge in [0.1, 0.15) is 5.82 Å². The monoisotopic (exact) mass is 361 g/mol. The highest BCUT2D eigenvalue weighted by Crippen LogP contribution is 2.37. The van der Waals surface area contributed by atoms with Crippen molar-refractivity contribution in [3.8, 4) is 0 Å². The van der Waals surface area contributed by atoms with Gasteiger partial charge in [0.15, 0.2) is 0 Å². The van der Waals surface area contributed by atoms with Crippen LogP contribution in [0.2, 0.25) is 0 Å². The van der Waals surface area contributed by atoms with E-state index in [2.05, 4.69) is 48.7 Å². The van der Waals surface area contributed by atoms with Gasteiger partial charge in [0, 0.05) is 18.3 Å². The maximum absolute atomic E-state index is 13.0. The van der Waals surface area contributed by atoms with E-state index in [4.69, 9.17) is 0 Å². The van der Waals surface area contributed by atoms with E-state index in [1.165, 1.54) is 44.2 Å². The van der Waals surface area contributed by atoms with Crippen molar-refractivity contribution in [2.24, 2.45) is 5.41 Å². The van der Waals surface area contributed by atoms with Crippen molar-refractivity contribution < 1.29 is 4.39 Å². The Morgan fingerprint density at radius 1 is 1.19 bits per heavy atom. The third-order valence-electron chi connectivity index (χ3n) is 5.72. The van der Waals surface area contributed by atoms with Gasteiger partial charge < -0.3 is 10.2 Å². The molecule has 1 aliphatic heterocycles. The van der Waals surface area contributed by atoms with Gasteiger partial charge in [-0.3, -0.25) is 4.90 Å². The number of anilines is 1. The van der Waals surface area contributed by atoms with E-state index in [1.54, 1.807) is 0 Å². The van der Waals surface area contributed by atoms with Crippen LogP contribution >= 0.6 is 0 Å². The molecule has 1 saturated heterocycles. The Balaban J connectivity index is 1.80. The van der Waals surface area contributed by atoms with Gasteiger partial charge in [-0.05, 0) is 62.4 Å². The Kier molecular flexibility index (Phi) is 8.11. The lowest BCUT2D eigenvalue weighted by molar-refractivity contribution is 0.165. The summed E-state index contributed by atoms with van der Waals surface area (Å²) < 4.78 is 13.0. The van der Waals surface area contributed by atoms with Gasteiger partial charge in [0.25, 0.3) is 0 Å². The molecule has 1 atom stereocenters. The van der Waals surface area contributed by atoms with Crippen LogP contribution in [0, 0.1) is 11.2 Å². The first-order valence-corrected chi connectivity index (χ1v) is 10.1. The molecule has 0 aromatic heterocycles. The highest BCUT2D eigenvalue weighted by Gasteiger charge is 2.29. The second-order valence-corrected chi connectivity index (χ2v) is 7.74. The Morgan fingerprint density at radius 3 is 2.31 bits per heavy atom. The molecule has 3 nitrogen and oxygen atoms in total. The van der Waals surface area contributed by atoms with Gasteiger partial charge >= 0.3 is 0 Å². The fourth-order valence-electron chi connectivity index (χ4n) is 4.19. The molecular weight excluding hydrogens is 325 g/mol. The zero-order chi connectivity index (χ0) is 19.0. The zero-order valence-electron chi connectivity index (χ0n) is 16.8. The predicted molar refractivity (Wildman–Crippen MR) is 110 cm³/mol. The summed E-state index contributed by atoms with van der Waals surface area (Å²) in [6, 6.07) is 7.30. The number of rotatable bonds is 12. The second kappa shape index (κ2) is 10.1. The van der Waals surface area contributed by atoms with Gasteiger partial charge in [-0.15, -0.1) is 6.58 Å². The average molecular weight is 362 g/mol. The third kappa shape index (κ3) is 5.55. The largest absolute Gasteiger partial charge is 0.345 e. The summed E-state index contributed by atoms with van der Waals surface area (Å²) in [7, 11) is 2.08. The lowest BCUT2D eigenvalue weighted by Crippen LogP contribution is -2.56. The fourth-order valence-corrected chi connectivity index (χ4v) is 4.19. The molecule has 1 unspecified atom stereocenters. The number of nitrogens with zero attached hydrogens (tertiary/aromatic N) is 2. The van der Waals surface area contributed by atoms with Crippen molar-refractivity contribution in [1.82, 2.24) is 10.2 Å². The Morgan fingerprint density at radius 2 is 1.81 bits per heavy atom. The molecule has 0 spiro atoms. The van der Waals surface area contributed by atoms with Crippen molar-refractivity contribution in [2.45, 2.75) is 58.4 Å². The van der Waals surface area contributed by atoms with Gasteiger partial charge in [-0.1, -0.05) is 32.8 Å². The average Bonchev–Trinajstić information content (AvgIpc) is 2.61. The summed E-state index contributed by atoms with van der Waals surface area (Å²) in [6.45, 7) is 11.6. The minimum atomic E-state index is -0.173. The van der Waals surface area contributed by atoms with Crippen LogP contribution < -0.4 is 10.2 Å². The van der Waals surface area contributed by atoms with Crippen LogP contribution in [0.3, 0.4) is 0 Å². The smallest absolute Gasteiger partial charge is 0.123 e. The molecule has 0 amide bonds. The summed E-state index contributed by atoms with van der Waals surface area (Å²) in [6.07, 6.45) is 9.41. The molecule has 1 heterocycles. The maximum atomic E-state index is 13.0. The molecule has 1 aromatic rings. The van der Waals surface area contributed by atoms with E-state index in [-0.39, 0.29) is 11.2 Å². The van der Waals surface area contributed by atoms with Crippen LogP contribution in [0.25, 0.3) is 0 Å². The van der Waals surface area contributed by atoms with E-state index in [0.29, 0.717) is 6.04 Å². The summed E-state index contributed by atoms with van der Waals surface area (Å²) in [4.78, 5) is 4.72. The van der Waals surface area contributed by atoms with Crippen molar-refractivity contribution in [2.75, 3.05) is 31.8 Å². The lowest BCUT2D eigenvalue weighted by atomic mass is 9.74. The quantitative estimate of drug-likeness (QED) is 0.528. The third-order valence-corrected chi connectivity index (χ3v) is 5.72. The number of benzene rings is 1. The first-order chi connectivity index (χ1) is 12.6. The number of halogens is 1. The molecule has 1 fully saturated rings. The Bertz CT molecular complexity index is 531. The summed E-state index contributed by atoms with van der Waals surface area (Å²) >= 11 is 0. The molecule has 0 bridgehead atoms. The van der Waals surface area contributed by atoms with Crippen LogP contribution in [0.15, 0.2) is 36.9 Å². The summed E-state index contributed by atoms with van der Waals surface area (Å²) in [5, 5.41) is 3.53. The number of hydrogen-bond donors (Lipinski definition) is 1. The molecular formula is C22H36FN3. The number of nitrogens with one attached hydrogen (secondary N) is 1. The molecule has 0 aliphatic carbocycles. The molecule has 1 aliphatic rings. The molecule has 26 heavy (non-hydrogen) atoms. The van der Waals surface area contributed by atoms with Crippen LogP contribution in [-0.2, 0) is 0 Å². The van der Waals surface area contributed by atoms with Gasteiger partial charge in [0.05, 0.1) is 13.3 Å².